The third-order valence-electron chi connectivity index (χ3n) is 7.73. The second-order valence-corrected chi connectivity index (χ2v) is 10.0. The fourth-order valence-electron chi connectivity index (χ4n) is 5.73. The highest BCUT2D eigenvalue weighted by atomic mass is 16.5. The van der Waals surface area contributed by atoms with E-state index in [0.717, 1.165) is 81.2 Å². The van der Waals surface area contributed by atoms with E-state index < -0.39 is 0 Å². The molecule has 7 nitrogen and oxygen atoms in total. The van der Waals surface area contributed by atoms with Crippen molar-refractivity contribution in [2.24, 2.45) is 0 Å². The van der Waals surface area contributed by atoms with Gasteiger partial charge >= 0.3 is 0 Å². The van der Waals surface area contributed by atoms with Crippen molar-refractivity contribution in [1.82, 2.24) is 19.7 Å². The Morgan fingerprint density at radius 3 is 2.54 bits per heavy atom. The van der Waals surface area contributed by atoms with Crippen molar-refractivity contribution in [3.05, 3.63) is 58.9 Å². The third-order valence-corrected chi connectivity index (χ3v) is 7.73. The molecule has 0 spiro atoms. The van der Waals surface area contributed by atoms with Crippen LogP contribution in [0.1, 0.15) is 68.5 Å². The number of amides is 1. The summed E-state index contributed by atoms with van der Waals surface area (Å²) in [4.78, 5) is 21.4. The molecule has 0 radical (unpaired) electrons. The molecule has 1 amide bonds. The number of rotatable bonds is 3. The first-order valence-electron chi connectivity index (χ1n) is 13.9. The third kappa shape index (κ3) is 5.01. The van der Waals surface area contributed by atoms with Crippen molar-refractivity contribution in [2.75, 3.05) is 31.2 Å². The first kappa shape index (κ1) is 25.5. The number of carbonyl (C=O) groups is 1. The topological polar surface area (TPSA) is 63.5 Å². The number of benzene rings is 1. The molecule has 196 valence electrons. The van der Waals surface area contributed by atoms with Gasteiger partial charge in [0.05, 0.1) is 30.2 Å². The second kappa shape index (κ2) is 11.1. The standard InChI is InChI=1S/C28H33N5O2.C2H6/c1-19-5-7-21(8-6-19)25-16-22-4-3-12-32(27(22)17-29-25)28-24-18-31(20(2)34)13-9-26(24)33(30-28)23-10-14-35-15-11-23;1-2/h5-8,16-17,23H,3-4,9-15,18H2,1-2H3;1-2H3. The van der Waals surface area contributed by atoms with Gasteiger partial charge in [0.25, 0.3) is 0 Å². The minimum Gasteiger partial charge on any atom is -0.381 e. The van der Waals surface area contributed by atoms with Crippen molar-refractivity contribution >= 4 is 17.4 Å². The number of ether oxygens (including phenoxy) is 1. The van der Waals surface area contributed by atoms with E-state index in [1.165, 1.54) is 22.4 Å². The number of nitrogens with zero attached hydrogens (tertiary/aromatic N) is 5. The summed E-state index contributed by atoms with van der Waals surface area (Å²) in [5, 5.41) is 5.24. The molecule has 1 aromatic carbocycles. The maximum atomic E-state index is 12.3. The van der Waals surface area contributed by atoms with E-state index in [-0.39, 0.29) is 5.91 Å². The minimum atomic E-state index is 0.129. The quantitative estimate of drug-likeness (QED) is 0.466. The van der Waals surface area contributed by atoms with Crippen LogP contribution in [0.2, 0.25) is 0 Å². The molecule has 1 saturated heterocycles. The molecule has 37 heavy (non-hydrogen) atoms. The lowest BCUT2D eigenvalue weighted by Gasteiger charge is -2.32. The Hall–Kier alpha value is -3.19. The van der Waals surface area contributed by atoms with E-state index in [1.54, 1.807) is 6.92 Å². The molecular formula is C30H39N5O2. The molecule has 3 aliphatic rings. The fourth-order valence-corrected chi connectivity index (χ4v) is 5.73. The van der Waals surface area contributed by atoms with Crippen LogP contribution in [-0.2, 0) is 28.9 Å². The van der Waals surface area contributed by atoms with E-state index >= 15 is 0 Å². The molecule has 5 heterocycles. The average Bonchev–Trinajstić information content (AvgIpc) is 3.33. The average molecular weight is 502 g/mol. The van der Waals surface area contributed by atoms with Gasteiger partial charge in [0, 0.05) is 56.5 Å². The van der Waals surface area contributed by atoms with Crippen molar-refractivity contribution < 1.29 is 9.53 Å². The van der Waals surface area contributed by atoms with Crippen molar-refractivity contribution in [1.29, 1.82) is 0 Å². The van der Waals surface area contributed by atoms with Crippen molar-refractivity contribution in [2.45, 2.75) is 72.4 Å². The highest BCUT2D eigenvalue weighted by Crippen LogP contribution is 2.40. The number of aryl methyl sites for hydroxylation is 2. The van der Waals surface area contributed by atoms with Crippen LogP contribution in [0.4, 0.5) is 11.5 Å². The highest BCUT2D eigenvalue weighted by molar-refractivity contribution is 5.75. The number of carbonyl (C=O) groups excluding carboxylic acids is 1. The molecule has 1 fully saturated rings. The molecular weight excluding hydrogens is 462 g/mol. The minimum absolute atomic E-state index is 0.129. The van der Waals surface area contributed by atoms with E-state index in [9.17, 15) is 4.79 Å². The molecule has 3 aliphatic heterocycles. The van der Waals surface area contributed by atoms with Crippen LogP contribution >= 0.6 is 0 Å². The van der Waals surface area contributed by atoms with Gasteiger partial charge in [0.2, 0.25) is 5.91 Å². The molecule has 3 aromatic rings. The van der Waals surface area contributed by atoms with E-state index in [4.69, 9.17) is 14.8 Å². The number of fused-ring (bicyclic) bond motifs is 2. The largest absolute Gasteiger partial charge is 0.381 e. The summed E-state index contributed by atoms with van der Waals surface area (Å²) < 4.78 is 7.90. The predicted molar refractivity (Wildman–Crippen MR) is 147 cm³/mol. The normalized spacial score (nSPS) is 17.5. The van der Waals surface area contributed by atoms with Crippen LogP contribution in [0.25, 0.3) is 11.3 Å². The van der Waals surface area contributed by atoms with Gasteiger partial charge in [0.1, 0.15) is 0 Å². The van der Waals surface area contributed by atoms with Gasteiger partial charge in [-0.25, -0.2) is 0 Å². The van der Waals surface area contributed by atoms with Gasteiger partial charge in [-0.05, 0) is 44.2 Å². The predicted octanol–water partition coefficient (Wildman–Crippen LogP) is 5.62. The zero-order chi connectivity index (χ0) is 25.9. The molecule has 7 heteroatoms. The SMILES string of the molecule is CC.CC(=O)N1CCc2c(c(N3CCCc4cc(-c5ccc(C)cc5)ncc43)nn2C2CCOCC2)C1. The fraction of sp³-hybridized carbons (Fsp3) is 0.500. The summed E-state index contributed by atoms with van der Waals surface area (Å²) in [5.74, 6) is 1.13. The number of anilines is 2. The lowest BCUT2D eigenvalue weighted by molar-refractivity contribution is -0.129. The van der Waals surface area contributed by atoms with Crippen LogP contribution in [0.5, 0.6) is 0 Å². The Morgan fingerprint density at radius 1 is 1.05 bits per heavy atom. The Kier molecular flexibility index (Phi) is 7.60. The van der Waals surface area contributed by atoms with Gasteiger partial charge in [-0.15, -0.1) is 0 Å². The zero-order valence-electron chi connectivity index (χ0n) is 22.7. The van der Waals surface area contributed by atoms with Crippen LogP contribution in [0.3, 0.4) is 0 Å². The van der Waals surface area contributed by atoms with E-state index in [1.807, 2.05) is 24.9 Å². The Bertz CT molecular complexity index is 1240. The number of hydrogen-bond acceptors (Lipinski definition) is 5. The molecule has 0 saturated carbocycles. The zero-order valence-corrected chi connectivity index (χ0v) is 22.7. The summed E-state index contributed by atoms with van der Waals surface area (Å²) >= 11 is 0. The lowest BCUT2D eigenvalue weighted by Crippen LogP contribution is -2.36. The summed E-state index contributed by atoms with van der Waals surface area (Å²) in [6.07, 6.45) is 6.96. The number of hydrogen-bond donors (Lipinski definition) is 0. The van der Waals surface area contributed by atoms with Crippen molar-refractivity contribution in [3.8, 4) is 11.3 Å². The summed E-state index contributed by atoms with van der Waals surface area (Å²) in [6.45, 7) is 11.6. The summed E-state index contributed by atoms with van der Waals surface area (Å²) in [7, 11) is 0. The van der Waals surface area contributed by atoms with Gasteiger partial charge in [0.15, 0.2) is 5.82 Å². The van der Waals surface area contributed by atoms with Crippen LogP contribution < -0.4 is 4.90 Å². The molecule has 0 atom stereocenters. The maximum Gasteiger partial charge on any atom is 0.219 e. The van der Waals surface area contributed by atoms with Crippen LogP contribution in [-0.4, -0.2) is 51.9 Å². The van der Waals surface area contributed by atoms with Gasteiger partial charge < -0.3 is 14.5 Å². The maximum absolute atomic E-state index is 12.3. The number of pyridine rings is 1. The molecule has 0 unspecified atom stereocenters. The molecule has 0 N–H and O–H groups in total. The molecule has 0 aliphatic carbocycles. The monoisotopic (exact) mass is 501 g/mol. The van der Waals surface area contributed by atoms with Crippen molar-refractivity contribution in [3.63, 3.8) is 0 Å². The Labute approximate surface area is 220 Å². The lowest BCUT2D eigenvalue weighted by atomic mass is 9.99. The van der Waals surface area contributed by atoms with Gasteiger partial charge in [-0.3, -0.25) is 14.5 Å². The highest BCUT2D eigenvalue weighted by Gasteiger charge is 2.33. The molecule has 6 rings (SSSR count). The first-order chi connectivity index (χ1) is 18.1. The summed E-state index contributed by atoms with van der Waals surface area (Å²) in [5.41, 5.74) is 8.37. The van der Waals surface area contributed by atoms with E-state index in [0.29, 0.717) is 12.6 Å². The Balaban J connectivity index is 0.00000137. The smallest absolute Gasteiger partial charge is 0.219 e. The van der Waals surface area contributed by atoms with E-state index in [2.05, 4.69) is 46.8 Å². The van der Waals surface area contributed by atoms with Gasteiger partial charge in [-0.2, -0.15) is 5.10 Å². The second-order valence-electron chi connectivity index (χ2n) is 10.0. The van der Waals surface area contributed by atoms with Gasteiger partial charge in [-0.1, -0.05) is 43.7 Å². The Morgan fingerprint density at radius 2 is 1.81 bits per heavy atom. The summed E-state index contributed by atoms with van der Waals surface area (Å²) in [6, 6.07) is 11.2. The van der Waals surface area contributed by atoms with Crippen LogP contribution in [0, 0.1) is 6.92 Å². The molecule has 0 bridgehead atoms. The van der Waals surface area contributed by atoms with Crippen LogP contribution in [0.15, 0.2) is 36.5 Å². The number of aromatic nitrogens is 3. The molecule has 2 aromatic heterocycles. The first-order valence-corrected chi connectivity index (χ1v) is 13.9.